The number of hydrogen-bond donors (Lipinski definition) is 2. The van der Waals surface area contributed by atoms with E-state index in [0.29, 0.717) is 18.3 Å². The normalized spacial score (nSPS) is 19.1. The van der Waals surface area contributed by atoms with Crippen LogP contribution in [0, 0.1) is 0 Å². The van der Waals surface area contributed by atoms with Crippen LogP contribution in [0.3, 0.4) is 0 Å². The summed E-state index contributed by atoms with van der Waals surface area (Å²) < 4.78 is 0. The van der Waals surface area contributed by atoms with Gasteiger partial charge in [0.2, 0.25) is 0 Å². The van der Waals surface area contributed by atoms with Gasteiger partial charge in [0.1, 0.15) is 11.7 Å². The third-order valence-corrected chi connectivity index (χ3v) is 3.85. The monoisotopic (exact) mass is 277 g/mol. The van der Waals surface area contributed by atoms with Crippen molar-refractivity contribution in [3.63, 3.8) is 0 Å². The lowest BCUT2D eigenvalue weighted by Gasteiger charge is -2.39. The Hall–Kier alpha value is -1.82. The lowest BCUT2D eigenvalue weighted by atomic mass is 10.1. The fraction of sp³-hybridized carbons (Fsp3) is 0.571. The average molecular weight is 277 g/mol. The number of hydrogen-bond acceptors (Lipinski definition) is 5. The van der Waals surface area contributed by atoms with Crippen LogP contribution in [0.2, 0.25) is 0 Å². The molecule has 1 unspecified atom stereocenters. The lowest BCUT2D eigenvalue weighted by molar-refractivity contribution is 0.182. The van der Waals surface area contributed by atoms with Gasteiger partial charge in [0.05, 0.1) is 0 Å². The maximum atomic E-state index is 8.70. The van der Waals surface area contributed by atoms with Crippen molar-refractivity contribution < 1.29 is 5.21 Å². The van der Waals surface area contributed by atoms with Gasteiger partial charge in [-0.3, -0.25) is 4.90 Å². The predicted molar refractivity (Wildman–Crippen MR) is 80.1 cm³/mol. The smallest absolute Gasteiger partial charge is 0.140 e. The van der Waals surface area contributed by atoms with E-state index >= 15 is 0 Å². The van der Waals surface area contributed by atoms with Gasteiger partial charge in [-0.2, -0.15) is 0 Å². The molecule has 2 rings (SSSR count). The van der Waals surface area contributed by atoms with E-state index in [1.165, 1.54) is 0 Å². The topological polar surface area (TPSA) is 78.0 Å². The lowest BCUT2D eigenvalue weighted by Crippen LogP contribution is -2.51. The minimum absolute atomic E-state index is 0.309. The fourth-order valence-corrected chi connectivity index (χ4v) is 2.67. The summed E-state index contributed by atoms with van der Waals surface area (Å²) in [6.45, 7) is 6.02. The highest BCUT2D eigenvalue weighted by Gasteiger charge is 2.24. The van der Waals surface area contributed by atoms with Crippen LogP contribution in [0.4, 0.5) is 5.82 Å². The van der Waals surface area contributed by atoms with E-state index in [0.717, 1.165) is 38.4 Å². The van der Waals surface area contributed by atoms with Gasteiger partial charge in [0.25, 0.3) is 0 Å². The summed E-state index contributed by atoms with van der Waals surface area (Å²) in [7, 11) is 0. The second-order valence-corrected chi connectivity index (χ2v) is 5.07. The summed E-state index contributed by atoms with van der Waals surface area (Å²) in [6, 6.07) is 6.34. The molecular weight excluding hydrogens is 254 g/mol. The van der Waals surface area contributed by atoms with Gasteiger partial charge in [0, 0.05) is 44.8 Å². The SMILES string of the molecule is CCC(C/C(N)=N/O)N1CCN(c2ccccn2)CC1. The highest BCUT2D eigenvalue weighted by molar-refractivity contribution is 5.80. The minimum atomic E-state index is 0.309. The number of piperazine rings is 1. The zero-order valence-electron chi connectivity index (χ0n) is 11.9. The molecule has 1 aromatic rings. The number of oxime groups is 1. The van der Waals surface area contributed by atoms with Crippen LogP contribution in [-0.2, 0) is 0 Å². The molecule has 1 aromatic heterocycles. The number of amidine groups is 1. The predicted octanol–water partition coefficient (Wildman–Crippen LogP) is 1.12. The summed E-state index contributed by atoms with van der Waals surface area (Å²) >= 11 is 0. The zero-order chi connectivity index (χ0) is 14.4. The van der Waals surface area contributed by atoms with Crippen molar-refractivity contribution in [3.8, 4) is 0 Å². The Bertz CT molecular complexity index is 428. The molecule has 0 aromatic carbocycles. The van der Waals surface area contributed by atoms with Crippen LogP contribution in [0.5, 0.6) is 0 Å². The zero-order valence-corrected chi connectivity index (χ0v) is 11.9. The molecular formula is C14H23N5O. The minimum Gasteiger partial charge on any atom is -0.409 e. The van der Waals surface area contributed by atoms with Crippen molar-refractivity contribution in [1.29, 1.82) is 0 Å². The Kier molecular flexibility index (Phi) is 5.17. The number of nitrogens with zero attached hydrogens (tertiary/aromatic N) is 4. The molecule has 0 bridgehead atoms. The van der Waals surface area contributed by atoms with Crippen LogP contribution in [0.15, 0.2) is 29.6 Å². The van der Waals surface area contributed by atoms with Crippen molar-refractivity contribution >= 4 is 11.7 Å². The third kappa shape index (κ3) is 3.60. The standard InChI is InChI=1S/C14H23N5O/c1-2-12(11-13(15)17-20)18-7-9-19(10-8-18)14-5-3-4-6-16-14/h3-6,12,20H,2,7-11H2,1H3,(H2,15,17). The van der Waals surface area contributed by atoms with Gasteiger partial charge >= 0.3 is 0 Å². The summed E-state index contributed by atoms with van der Waals surface area (Å²) in [5, 5.41) is 11.8. The molecule has 0 spiro atoms. The van der Waals surface area contributed by atoms with Gasteiger partial charge in [-0.15, -0.1) is 0 Å². The highest BCUT2D eigenvalue weighted by Crippen LogP contribution is 2.16. The van der Waals surface area contributed by atoms with Crippen molar-refractivity contribution in [2.75, 3.05) is 31.1 Å². The molecule has 3 N–H and O–H groups in total. The van der Waals surface area contributed by atoms with Crippen LogP contribution in [0.25, 0.3) is 0 Å². The Morgan fingerprint density at radius 1 is 1.40 bits per heavy atom. The average Bonchev–Trinajstić information content (AvgIpc) is 2.53. The molecule has 6 nitrogen and oxygen atoms in total. The van der Waals surface area contributed by atoms with Gasteiger partial charge in [-0.25, -0.2) is 4.98 Å². The van der Waals surface area contributed by atoms with Gasteiger partial charge in [-0.05, 0) is 18.6 Å². The maximum absolute atomic E-state index is 8.70. The van der Waals surface area contributed by atoms with E-state index < -0.39 is 0 Å². The van der Waals surface area contributed by atoms with Gasteiger partial charge in [-0.1, -0.05) is 18.1 Å². The number of rotatable bonds is 5. The highest BCUT2D eigenvalue weighted by atomic mass is 16.4. The summed E-state index contributed by atoms with van der Waals surface area (Å²) in [6.07, 6.45) is 3.45. The fourth-order valence-electron chi connectivity index (χ4n) is 2.67. The Balaban J connectivity index is 1.90. The first-order chi connectivity index (χ1) is 9.74. The van der Waals surface area contributed by atoms with Crippen LogP contribution in [-0.4, -0.2) is 53.1 Å². The molecule has 1 aliphatic heterocycles. The molecule has 0 aliphatic carbocycles. The van der Waals surface area contributed by atoms with Gasteiger partial charge in [0.15, 0.2) is 0 Å². The van der Waals surface area contributed by atoms with Crippen molar-refractivity contribution in [2.24, 2.45) is 10.9 Å². The summed E-state index contributed by atoms with van der Waals surface area (Å²) in [5.74, 6) is 1.35. The Morgan fingerprint density at radius 3 is 2.70 bits per heavy atom. The van der Waals surface area contributed by atoms with Crippen LogP contribution in [0.1, 0.15) is 19.8 Å². The molecule has 20 heavy (non-hydrogen) atoms. The molecule has 2 heterocycles. The Morgan fingerprint density at radius 2 is 2.15 bits per heavy atom. The quantitative estimate of drug-likeness (QED) is 0.365. The van der Waals surface area contributed by atoms with E-state index in [-0.39, 0.29) is 0 Å². The molecule has 0 saturated carbocycles. The first-order valence-electron chi connectivity index (χ1n) is 7.11. The molecule has 6 heteroatoms. The van der Waals surface area contributed by atoms with Crippen LogP contribution >= 0.6 is 0 Å². The number of anilines is 1. The van der Waals surface area contributed by atoms with Crippen molar-refractivity contribution in [2.45, 2.75) is 25.8 Å². The van der Waals surface area contributed by atoms with Gasteiger partial charge < -0.3 is 15.8 Å². The molecule has 1 saturated heterocycles. The molecule has 1 atom stereocenters. The van der Waals surface area contributed by atoms with Crippen molar-refractivity contribution in [1.82, 2.24) is 9.88 Å². The second kappa shape index (κ2) is 7.09. The van der Waals surface area contributed by atoms with Crippen LogP contribution < -0.4 is 10.6 Å². The number of aromatic nitrogens is 1. The molecule has 110 valence electrons. The molecule has 0 amide bonds. The number of nitrogens with two attached hydrogens (primary N) is 1. The molecule has 1 aliphatic rings. The van der Waals surface area contributed by atoms with E-state index in [9.17, 15) is 0 Å². The third-order valence-electron chi connectivity index (χ3n) is 3.85. The van der Waals surface area contributed by atoms with E-state index in [4.69, 9.17) is 10.9 Å². The summed E-state index contributed by atoms with van der Waals surface area (Å²) in [4.78, 5) is 9.10. The largest absolute Gasteiger partial charge is 0.409 e. The van der Waals surface area contributed by atoms with E-state index in [1.54, 1.807) is 0 Å². The van der Waals surface area contributed by atoms with Crippen molar-refractivity contribution in [3.05, 3.63) is 24.4 Å². The Labute approximate surface area is 119 Å². The first-order valence-corrected chi connectivity index (χ1v) is 7.11. The maximum Gasteiger partial charge on any atom is 0.140 e. The molecule has 0 radical (unpaired) electrons. The second-order valence-electron chi connectivity index (χ2n) is 5.07. The first kappa shape index (κ1) is 14.6. The summed E-state index contributed by atoms with van der Waals surface area (Å²) in [5.41, 5.74) is 5.63. The van der Waals surface area contributed by atoms with E-state index in [2.05, 4.69) is 26.9 Å². The van der Waals surface area contributed by atoms with E-state index in [1.807, 2.05) is 24.4 Å². The number of pyridine rings is 1. The molecule has 1 fully saturated rings.